The minimum absolute atomic E-state index is 0.665. The summed E-state index contributed by atoms with van der Waals surface area (Å²) in [5.74, 6) is 0. The smallest absolute Gasteiger partial charge is 0.0964 e. The van der Waals surface area contributed by atoms with Crippen molar-refractivity contribution in [2.24, 2.45) is 0 Å². The van der Waals surface area contributed by atoms with E-state index >= 15 is 0 Å². The van der Waals surface area contributed by atoms with Crippen LogP contribution in [-0.4, -0.2) is 34.8 Å². The molecule has 0 saturated heterocycles. The third kappa shape index (κ3) is 5.04. The maximum Gasteiger partial charge on any atom is 0.0964 e. The molecule has 0 aliphatic heterocycles. The molecule has 0 aromatic carbocycles. The van der Waals surface area contributed by atoms with Crippen LogP contribution in [0, 0.1) is 0 Å². The molecule has 0 bridgehead atoms. The molecule has 0 saturated carbocycles. The molecule has 0 radical (unpaired) electrons. The van der Waals surface area contributed by atoms with E-state index in [0.717, 1.165) is 38.4 Å². The number of nitrogens with one attached hydrogen (secondary N) is 1. The van der Waals surface area contributed by atoms with Crippen molar-refractivity contribution in [3.8, 4) is 0 Å². The van der Waals surface area contributed by atoms with Crippen LogP contribution in [0.15, 0.2) is 18.9 Å². The van der Waals surface area contributed by atoms with Crippen LogP contribution in [-0.2, 0) is 17.8 Å². The van der Waals surface area contributed by atoms with Crippen LogP contribution in [0.1, 0.15) is 19.0 Å². The van der Waals surface area contributed by atoms with Crippen LogP contribution in [0.25, 0.3) is 0 Å². The zero-order chi connectivity index (χ0) is 11.6. The number of aromatic nitrogens is 3. The zero-order valence-corrected chi connectivity index (χ0v) is 9.85. The van der Waals surface area contributed by atoms with Crippen molar-refractivity contribution in [1.29, 1.82) is 0 Å². The molecular formula is C11H20N4O. The minimum atomic E-state index is 0.665. The van der Waals surface area contributed by atoms with Gasteiger partial charge in [-0.1, -0.05) is 18.2 Å². The Morgan fingerprint density at radius 2 is 2.44 bits per heavy atom. The van der Waals surface area contributed by atoms with Gasteiger partial charge in [-0.3, -0.25) is 0 Å². The van der Waals surface area contributed by atoms with Gasteiger partial charge >= 0.3 is 0 Å². The number of hydrogen-bond donors (Lipinski definition) is 1. The Balaban J connectivity index is 2.16. The minimum Gasteiger partial charge on any atom is -0.379 e. The van der Waals surface area contributed by atoms with E-state index < -0.39 is 0 Å². The highest BCUT2D eigenvalue weighted by Gasteiger charge is 1.99. The first-order chi connectivity index (χ1) is 7.86. The van der Waals surface area contributed by atoms with Crippen molar-refractivity contribution in [3.05, 3.63) is 24.5 Å². The van der Waals surface area contributed by atoms with Crippen LogP contribution in [0.4, 0.5) is 0 Å². The molecule has 90 valence electrons. The SMILES string of the molecule is C=CCCOCCn1cc(CNCC)nn1. The maximum absolute atomic E-state index is 5.39. The maximum atomic E-state index is 5.39. The Labute approximate surface area is 96.5 Å². The first-order valence-electron chi connectivity index (χ1n) is 5.65. The largest absolute Gasteiger partial charge is 0.379 e. The summed E-state index contributed by atoms with van der Waals surface area (Å²) in [6, 6.07) is 0. The van der Waals surface area contributed by atoms with Crippen LogP contribution >= 0.6 is 0 Å². The summed E-state index contributed by atoms with van der Waals surface area (Å²) in [5, 5.41) is 11.3. The third-order valence-corrected chi connectivity index (χ3v) is 2.07. The molecule has 5 heteroatoms. The van der Waals surface area contributed by atoms with Crippen molar-refractivity contribution >= 4 is 0 Å². The Morgan fingerprint density at radius 1 is 1.56 bits per heavy atom. The molecule has 1 aromatic rings. The van der Waals surface area contributed by atoms with Gasteiger partial charge in [0, 0.05) is 12.7 Å². The van der Waals surface area contributed by atoms with Crippen LogP contribution in [0.2, 0.25) is 0 Å². The molecule has 0 atom stereocenters. The van der Waals surface area contributed by atoms with Gasteiger partial charge in [0.1, 0.15) is 0 Å². The first-order valence-corrected chi connectivity index (χ1v) is 5.65. The fourth-order valence-electron chi connectivity index (χ4n) is 1.21. The Kier molecular flexibility index (Phi) is 6.44. The summed E-state index contributed by atoms with van der Waals surface area (Å²) in [6.07, 6.45) is 4.69. The summed E-state index contributed by atoms with van der Waals surface area (Å²) >= 11 is 0. The van der Waals surface area contributed by atoms with Gasteiger partial charge in [-0.15, -0.1) is 11.7 Å². The first kappa shape index (κ1) is 12.9. The zero-order valence-electron chi connectivity index (χ0n) is 9.85. The second kappa shape index (κ2) is 8.01. The molecule has 1 heterocycles. The molecule has 0 fully saturated rings. The van der Waals surface area contributed by atoms with Gasteiger partial charge < -0.3 is 10.1 Å². The van der Waals surface area contributed by atoms with Crippen molar-refractivity contribution < 1.29 is 4.74 Å². The van der Waals surface area contributed by atoms with Crippen molar-refractivity contribution in [1.82, 2.24) is 20.3 Å². The Bertz CT molecular complexity index is 298. The second-order valence-electron chi connectivity index (χ2n) is 3.44. The lowest BCUT2D eigenvalue weighted by atomic mass is 10.4. The van der Waals surface area contributed by atoms with E-state index in [1.54, 1.807) is 4.68 Å². The van der Waals surface area contributed by atoms with Gasteiger partial charge in [-0.05, 0) is 13.0 Å². The predicted octanol–water partition coefficient (Wildman–Crippen LogP) is 0.980. The number of nitrogens with zero attached hydrogens (tertiary/aromatic N) is 3. The molecule has 1 N–H and O–H groups in total. The lowest BCUT2D eigenvalue weighted by molar-refractivity contribution is 0.127. The lowest BCUT2D eigenvalue weighted by Gasteiger charge is -2.01. The van der Waals surface area contributed by atoms with Crippen LogP contribution in [0.3, 0.4) is 0 Å². The van der Waals surface area contributed by atoms with Crippen molar-refractivity contribution in [3.63, 3.8) is 0 Å². The van der Waals surface area contributed by atoms with Gasteiger partial charge in [-0.2, -0.15) is 0 Å². The van der Waals surface area contributed by atoms with Crippen LogP contribution in [0.5, 0.6) is 0 Å². The molecule has 1 aromatic heterocycles. The van der Waals surface area contributed by atoms with E-state index in [1.807, 2.05) is 12.3 Å². The highest BCUT2D eigenvalue weighted by molar-refractivity contribution is 4.91. The lowest BCUT2D eigenvalue weighted by Crippen LogP contribution is -2.12. The summed E-state index contributed by atoms with van der Waals surface area (Å²) in [6.45, 7) is 9.55. The van der Waals surface area contributed by atoms with Gasteiger partial charge in [0.2, 0.25) is 0 Å². The van der Waals surface area contributed by atoms with Crippen LogP contribution < -0.4 is 5.32 Å². The normalized spacial score (nSPS) is 10.6. The molecular weight excluding hydrogens is 204 g/mol. The van der Waals surface area contributed by atoms with Gasteiger partial charge in [0.05, 0.1) is 25.5 Å². The van der Waals surface area contributed by atoms with Crippen molar-refractivity contribution in [2.75, 3.05) is 19.8 Å². The molecule has 16 heavy (non-hydrogen) atoms. The summed E-state index contributed by atoms with van der Waals surface area (Å²) < 4.78 is 7.20. The quantitative estimate of drug-likeness (QED) is 0.502. The Morgan fingerprint density at radius 3 is 3.19 bits per heavy atom. The van der Waals surface area contributed by atoms with Gasteiger partial charge in [0.25, 0.3) is 0 Å². The fraction of sp³-hybridized carbons (Fsp3) is 0.636. The molecule has 5 nitrogen and oxygen atoms in total. The number of rotatable bonds is 9. The average molecular weight is 224 g/mol. The van der Waals surface area contributed by atoms with E-state index in [0.29, 0.717) is 6.61 Å². The third-order valence-electron chi connectivity index (χ3n) is 2.07. The van der Waals surface area contributed by atoms with E-state index in [1.165, 1.54) is 0 Å². The van der Waals surface area contributed by atoms with E-state index in [4.69, 9.17) is 4.74 Å². The summed E-state index contributed by atoms with van der Waals surface area (Å²) in [4.78, 5) is 0. The monoisotopic (exact) mass is 224 g/mol. The summed E-state index contributed by atoms with van der Waals surface area (Å²) in [7, 11) is 0. The number of ether oxygens (including phenoxy) is 1. The Hall–Kier alpha value is -1.20. The molecule has 1 rings (SSSR count). The molecule has 0 aliphatic rings. The highest BCUT2D eigenvalue weighted by Crippen LogP contribution is 1.93. The molecule has 0 spiro atoms. The van der Waals surface area contributed by atoms with Crippen molar-refractivity contribution in [2.45, 2.75) is 26.4 Å². The van der Waals surface area contributed by atoms with Gasteiger partial charge in [-0.25, -0.2) is 4.68 Å². The highest BCUT2D eigenvalue weighted by atomic mass is 16.5. The summed E-state index contributed by atoms with van der Waals surface area (Å²) in [5.41, 5.74) is 0.966. The topological polar surface area (TPSA) is 52.0 Å². The van der Waals surface area contributed by atoms with E-state index in [2.05, 4.69) is 29.1 Å². The fourth-order valence-corrected chi connectivity index (χ4v) is 1.21. The molecule has 0 aliphatic carbocycles. The average Bonchev–Trinajstić information content (AvgIpc) is 2.74. The second-order valence-corrected chi connectivity index (χ2v) is 3.44. The standard InChI is InChI=1S/C11H20N4O/c1-3-5-7-16-8-6-15-10-11(13-14-15)9-12-4-2/h3,10,12H,1,4-9H2,2H3. The van der Waals surface area contributed by atoms with Gasteiger partial charge in [0.15, 0.2) is 0 Å². The molecule has 0 unspecified atom stereocenters. The number of hydrogen-bond acceptors (Lipinski definition) is 4. The van der Waals surface area contributed by atoms with E-state index in [9.17, 15) is 0 Å². The van der Waals surface area contributed by atoms with E-state index in [-0.39, 0.29) is 0 Å². The molecule has 0 amide bonds. The predicted molar refractivity (Wildman–Crippen MR) is 63.0 cm³/mol.